The molecule has 2 aromatic carbocycles. The molecule has 0 unspecified atom stereocenters. The summed E-state index contributed by atoms with van der Waals surface area (Å²) in [6.45, 7) is 2.78. The van der Waals surface area contributed by atoms with E-state index in [9.17, 15) is 28.4 Å². The number of halogens is 3. The number of nitrogens with zero attached hydrogens (tertiary/aromatic N) is 5. The number of alkyl halides is 2. The van der Waals surface area contributed by atoms with Gasteiger partial charge in [-0.2, -0.15) is 19.1 Å². The van der Waals surface area contributed by atoms with Crippen LogP contribution >= 0.6 is 11.6 Å². The highest BCUT2D eigenvalue weighted by atomic mass is 35.5. The summed E-state index contributed by atoms with van der Waals surface area (Å²) in [6.07, 6.45) is 0.421. The Kier molecular flexibility index (Phi) is 8.37. The number of nitriles is 1. The van der Waals surface area contributed by atoms with Crippen molar-refractivity contribution in [3.63, 3.8) is 0 Å². The molecule has 0 radical (unpaired) electrons. The SMILES string of the molecule is CC(=O)NC[C@@H]1Cn2nc3c(c2C(=O)N1[C@@H](C)c1ccc(OC(F)F)cc1)CN(C(=O)c1ccc(Cl)c(C#N)c1)[C@H](C)C3. The Morgan fingerprint density at radius 1 is 1.23 bits per heavy atom. The Hall–Kier alpha value is -4.50. The van der Waals surface area contributed by atoms with Crippen LogP contribution < -0.4 is 10.1 Å². The lowest BCUT2D eigenvalue weighted by atomic mass is 9.96. The first-order chi connectivity index (χ1) is 20.5. The van der Waals surface area contributed by atoms with Crippen molar-refractivity contribution < 1.29 is 27.9 Å². The number of carbonyl (C=O) groups excluding carboxylic acids is 3. The quantitative estimate of drug-likeness (QED) is 0.425. The Morgan fingerprint density at radius 2 is 1.95 bits per heavy atom. The van der Waals surface area contributed by atoms with Crippen LogP contribution in [0.4, 0.5) is 8.78 Å². The van der Waals surface area contributed by atoms with Gasteiger partial charge in [-0.25, -0.2) is 0 Å². The number of hydrogen-bond acceptors (Lipinski definition) is 6. The minimum absolute atomic E-state index is 0.000630. The van der Waals surface area contributed by atoms with Crippen LogP contribution in [-0.4, -0.2) is 62.5 Å². The number of fused-ring (bicyclic) bond motifs is 3. The average molecular weight is 611 g/mol. The van der Waals surface area contributed by atoms with Crippen LogP contribution in [0, 0.1) is 11.3 Å². The van der Waals surface area contributed by atoms with Gasteiger partial charge in [0, 0.05) is 37.1 Å². The highest BCUT2D eigenvalue weighted by molar-refractivity contribution is 6.31. The number of aromatic nitrogens is 2. The molecule has 0 spiro atoms. The molecule has 1 N–H and O–H groups in total. The number of amides is 3. The summed E-state index contributed by atoms with van der Waals surface area (Å²) >= 11 is 6.07. The van der Waals surface area contributed by atoms with Gasteiger partial charge >= 0.3 is 6.61 Å². The van der Waals surface area contributed by atoms with Gasteiger partial charge in [0.15, 0.2) is 0 Å². The second-order valence-electron chi connectivity index (χ2n) is 10.7. The van der Waals surface area contributed by atoms with Crippen molar-refractivity contribution in [1.29, 1.82) is 5.26 Å². The van der Waals surface area contributed by atoms with Crippen molar-refractivity contribution in [1.82, 2.24) is 24.9 Å². The lowest BCUT2D eigenvalue weighted by Crippen LogP contribution is -2.54. The molecule has 10 nitrogen and oxygen atoms in total. The van der Waals surface area contributed by atoms with Gasteiger partial charge in [0.2, 0.25) is 5.91 Å². The minimum Gasteiger partial charge on any atom is -0.435 e. The molecule has 3 atom stereocenters. The normalized spacial score (nSPS) is 18.5. The smallest absolute Gasteiger partial charge is 0.387 e. The monoisotopic (exact) mass is 610 g/mol. The molecule has 5 rings (SSSR count). The maximum Gasteiger partial charge on any atom is 0.387 e. The van der Waals surface area contributed by atoms with Gasteiger partial charge in [0.25, 0.3) is 11.8 Å². The van der Waals surface area contributed by atoms with Crippen molar-refractivity contribution in [3.05, 3.63) is 81.1 Å². The van der Waals surface area contributed by atoms with Gasteiger partial charge in [-0.05, 0) is 49.7 Å². The third-order valence-corrected chi connectivity index (χ3v) is 8.21. The van der Waals surface area contributed by atoms with Crippen molar-refractivity contribution in [2.45, 2.75) is 65.0 Å². The molecule has 13 heteroatoms. The molecule has 0 aliphatic carbocycles. The molecule has 224 valence electrons. The highest BCUT2D eigenvalue weighted by Crippen LogP contribution is 2.35. The van der Waals surface area contributed by atoms with Crippen LogP contribution in [0.2, 0.25) is 5.02 Å². The fraction of sp³-hybridized carbons (Fsp3) is 0.367. The Balaban J connectivity index is 1.48. The topological polar surface area (TPSA) is 121 Å². The van der Waals surface area contributed by atoms with Crippen LogP contribution in [0.3, 0.4) is 0 Å². The van der Waals surface area contributed by atoms with E-state index in [0.717, 1.165) is 5.69 Å². The maximum atomic E-state index is 14.3. The minimum atomic E-state index is -2.96. The van der Waals surface area contributed by atoms with Crippen LogP contribution in [0.15, 0.2) is 42.5 Å². The molecule has 0 saturated carbocycles. The van der Waals surface area contributed by atoms with E-state index < -0.39 is 18.7 Å². The number of hydrogen-bond donors (Lipinski definition) is 1. The largest absolute Gasteiger partial charge is 0.435 e. The van der Waals surface area contributed by atoms with Gasteiger partial charge in [0.1, 0.15) is 17.5 Å². The summed E-state index contributed by atoms with van der Waals surface area (Å²) in [5.41, 5.74) is 2.91. The van der Waals surface area contributed by atoms with Crippen molar-refractivity contribution in [2.75, 3.05) is 6.54 Å². The van der Waals surface area contributed by atoms with Gasteiger partial charge in [-0.15, -0.1) is 0 Å². The lowest BCUT2D eigenvalue weighted by Gasteiger charge is -2.41. The summed E-state index contributed by atoms with van der Waals surface area (Å²) in [5, 5.41) is 17.2. The fourth-order valence-corrected chi connectivity index (χ4v) is 5.89. The first-order valence-electron chi connectivity index (χ1n) is 13.7. The van der Waals surface area contributed by atoms with Gasteiger partial charge < -0.3 is 19.9 Å². The van der Waals surface area contributed by atoms with Gasteiger partial charge in [-0.1, -0.05) is 23.7 Å². The number of carbonyl (C=O) groups is 3. The summed E-state index contributed by atoms with van der Waals surface area (Å²) in [7, 11) is 0. The number of rotatable bonds is 7. The standard InChI is InChI=1S/C30H29ClF2N6O4/c1-16-10-26-24(15-37(16)28(41)20-6-9-25(31)21(11-20)12-34)27-29(42)39(22(13-35-18(3)40)14-38(27)36-26)17(2)19-4-7-23(8-5-19)43-30(32)33/h4-9,11,16-17,22,30H,10,13-15H2,1-3H3,(H,35,40)/t16-,17+,22-/m1/s1. The van der Waals surface area contributed by atoms with Crippen LogP contribution in [0.5, 0.6) is 5.75 Å². The molecule has 1 aromatic heterocycles. The van der Waals surface area contributed by atoms with Crippen molar-refractivity contribution >= 4 is 29.3 Å². The molecule has 2 aliphatic heterocycles. The second kappa shape index (κ2) is 12.0. The third kappa shape index (κ3) is 5.90. The number of benzene rings is 2. The van der Waals surface area contributed by atoms with Crippen LogP contribution in [-0.2, 0) is 24.3 Å². The van der Waals surface area contributed by atoms with Crippen LogP contribution in [0.25, 0.3) is 0 Å². The summed E-state index contributed by atoms with van der Waals surface area (Å²) in [6, 6.07) is 11.4. The van der Waals surface area contributed by atoms with E-state index in [0.29, 0.717) is 35.3 Å². The number of ether oxygens (including phenoxy) is 1. The third-order valence-electron chi connectivity index (χ3n) is 7.88. The molecule has 0 bridgehead atoms. The Labute approximate surface area is 251 Å². The molecule has 43 heavy (non-hydrogen) atoms. The Morgan fingerprint density at radius 3 is 2.60 bits per heavy atom. The lowest BCUT2D eigenvalue weighted by molar-refractivity contribution is -0.119. The van der Waals surface area contributed by atoms with E-state index >= 15 is 0 Å². The van der Waals surface area contributed by atoms with Gasteiger partial charge in [-0.3, -0.25) is 19.1 Å². The second-order valence-corrected chi connectivity index (χ2v) is 11.1. The fourth-order valence-electron chi connectivity index (χ4n) is 5.73. The zero-order valence-corrected chi connectivity index (χ0v) is 24.4. The number of nitrogens with one attached hydrogen (secondary N) is 1. The highest BCUT2D eigenvalue weighted by Gasteiger charge is 2.42. The zero-order valence-electron chi connectivity index (χ0n) is 23.7. The summed E-state index contributed by atoms with van der Waals surface area (Å²) in [5.74, 6) is -0.867. The van der Waals surface area contributed by atoms with Gasteiger partial charge in [0.05, 0.1) is 41.5 Å². The van der Waals surface area contributed by atoms with E-state index in [1.807, 2.05) is 19.9 Å². The maximum absolute atomic E-state index is 14.3. The van der Waals surface area contributed by atoms with Crippen molar-refractivity contribution in [2.24, 2.45) is 0 Å². The Bertz CT molecular complexity index is 1620. The average Bonchev–Trinajstić information content (AvgIpc) is 3.32. The molecule has 3 heterocycles. The van der Waals surface area contributed by atoms with Crippen molar-refractivity contribution in [3.8, 4) is 11.8 Å². The predicted octanol–water partition coefficient (Wildman–Crippen LogP) is 4.32. The van der Waals surface area contributed by atoms with Crippen LogP contribution in [0.1, 0.15) is 70.0 Å². The van der Waals surface area contributed by atoms with E-state index in [-0.39, 0.29) is 53.2 Å². The van der Waals surface area contributed by atoms with E-state index in [1.54, 1.807) is 32.7 Å². The van der Waals surface area contributed by atoms with E-state index in [1.165, 1.54) is 31.2 Å². The predicted molar refractivity (Wildman–Crippen MR) is 152 cm³/mol. The summed E-state index contributed by atoms with van der Waals surface area (Å²) < 4.78 is 31.4. The zero-order chi connectivity index (χ0) is 31.0. The first-order valence-corrected chi connectivity index (χ1v) is 14.1. The van der Waals surface area contributed by atoms with E-state index in [4.69, 9.17) is 16.7 Å². The molecule has 0 saturated heterocycles. The molecular formula is C30H29ClF2N6O4. The molecular weight excluding hydrogens is 582 g/mol. The molecule has 3 aromatic rings. The first kappa shape index (κ1) is 30.0. The molecule has 2 aliphatic rings. The molecule has 0 fully saturated rings. The summed E-state index contributed by atoms with van der Waals surface area (Å²) in [4.78, 5) is 42.9. The molecule has 3 amide bonds. The van der Waals surface area contributed by atoms with E-state index in [2.05, 4.69) is 10.1 Å².